The molecule has 0 atom stereocenters. The second kappa shape index (κ2) is 8.68. The molecule has 9 heteroatoms. The molecule has 0 amide bonds. The molecule has 0 aliphatic heterocycles. The molecular weight excluding hydrogens is 440 g/mol. The molecule has 0 saturated carbocycles. The zero-order valence-corrected chi connectivity index (χ0v) is 18.8. The number of nitro groups is 1. The fraction of sp³-hybridized carbons (Fsp3) is 0.125. The van der Waals surface area contributed by atoms with Crippen LogP contribution in [0.2, 0.25) is 0 Å². The van der Waals surface area contributed by atoms with Gasteiger partial charge in [0.2, 0.25) is 0 Å². The average molecular weight is 458 g/mol. The zero-order valence-electron chi connectivity index (χ0n) is 18.0. The van der Waals surface area contributed by atoms with Crippen LogP contribution >= 0.6 is 11.3 Å². The summed E-state index contributed by atoms with van der Waals surface area (Å²) in [5.41, 5.74) is 4.53. The Kier molecular flexibility index (Phi) is 5.77. The Morgan fingerprint density at radius 3 is 2.61 bits per heavy atom. The number of benzene rings is 2. The van der Waals surface area contributed by atoms with E-state index >= 15 is 0 Å². The number of nitro benzene ring substituents is 1. The van der Waals surface area contributed by atoms with Gasteiger partial charge in [-0.15, -0.1) is 11.3 Å². The Balaban J connectivity index is 1.69. The smallest absolute Gasteiger partial charge is 0.345 e. The van der Waals surface area contributed by atoms with Crippen LogP contribution in [0.4, 0.5) is 11.4 Å². The summed E-state index contributed by atoms with van der Waals surface area (Å²) in [4.78, 5) is 27.5. The molecule has 2 heterocycles. The fourth-order valence-electron chi connectivity index (χ4n) is 3.62. The number of non-ortho nitro benzene ring substituents is 1. The van der Waals surface area contributed by atoms with Crippen molar-refractivity contribution in [3.05, 3.63) is 90.2 Å². The lowest BCUT2D eigenvalue weighted by Gasteiger charge is -2.11. The molecule has 33 heavy (non-hydrogen) atoms. The highest BCUT2D eigenvalue weighted by Crippen LogP contribution is 2.28. The molecule has 0 saturated heterocycles. The second-order valence-electron chi connectivity index (χ2n) is 7.55. The molecule has 4 aromatic rings. The first kappa shape index (κ1) is 21.9. The van der Waals surface area contributed by atoms with Crippen molar-refractivity contribution in [1.29, 1.82) is 5.26 Å². The number of allylic oxidation sites excluding steroid dienone is 1. The number of nitrogens with one attached hydrogen (secondary N) is 1. The van der Waals surface area contributed by atoms with E-state index in [-0.39, 0.29) is 16.8 Å². The average Bonchev–Trinajstić information content (AvgIpc) is 3.24. The molecule has 4 rings (SSSR count). The minimum Gasteiger partial charge on any atom is -0.422 e. The number of nitrogens with zero attached hydrogens (tertiary/aromatic N) is 3. The summed E-state index contributed by atoms with van der Waals surface area (Å²) < 4.78 is 5.31. The van der Waals surface area contributed by atoms with E-state index in [0.29, 0.717) is 21.7 Å². The maximum atomic E-state index is 12.5. The summed E-state index contributed by atoms with van der Waals surface area (Å²) in [5.74, 6) is 0. The maximum Gasteiger partial charge on any atom is 0.345 e. The van der Waals surface area contributed by atoms with E-state index in [1.54, 1.807) is 11.6 Å². The molecule has 1 N–H and O–H groups in total. The highest BCUT2D eigenvalue weighted by atomic mass is 32.1. The monoisotopic (exact) mass is 458 g/mol. The Hall–Kier alpha value is -4.29. The van der Waals surface area contributed by atoms with Crippen LogP contribution in [0.15, 0.2) is 57.2 Å². The summed E-state index contributed by atoms with van der Waals surface area (Å²) >= 11 is 1.21. The van der Waals surface area contributed by atoms with Gasteiger partial charge >= 0.3 is 5.63 Å². The number of thiazole rings is 1. The van der Waals surface area contributed by atoms with Crippen molar-refractivity contribution in [3.8, 4) is 17.3 Å². The molecule has 0 spiro atoms. The summed E-state index contributed by atoms with van der Waals surface area (Å²) in [6, 6.07) is 11.8. The van der Waals surface area contributed by atoms with Crippen LogP contribution in [-0.4, -0.2) is 9.91 Å². The number of nitriles is 1. The zero-order chi connectivity index (χ0) is 23.7. The first-order valence-corrected chi connectivity index (χ1v) is 10.8. The van der Waals surface area contributed by atoms with Crippen LogP contribution in [0.25, 0.3) is 27.8 Å². The van der Waals surface area contributed by atoms with E-state index in [9.17, 15) is 20.2 Å². The van der Waals surface area contributed by atoms with Gasteiger partial charge in [-0.2, -0.15) is 5.26 Å². The summed E-state index contributed by atoms with van der Waals surface area (Å²) in [7, 11) is 0. The number of rotatable bonds is 5. The topological polar surface area (TPSA) is 122 Å². The minimum atomic E-state index is -0.611. The van der Waals surface area contributed by atoms with Gasteiger partial charge in [0.1, 0.15) is 22.2 Å². The van der Waals surface area contributed by atoms with Crippen LogP contribution in [0.3, 0.4) is 0 Å². The van der Waals surface area contributed by atoms with E-state index in [2.05, 4.69) is 28.5 Å². The van der Waals surface area contributed by atoms with E-state index < -0.39 is 10.5 Å². The van der Waals surface area contributed by atoms with Gasteiger partial charge in [-0.1, -0.05) is 17.7 Å². The summed E-state index contributed by atoms with van der Waals surface area (Å²) in [5, 5.41) is 26.4. The third-order valence-corrected chi connectivity index (χ3v) is 5.97. The van der Waals surface area contributed by atoms with Gasteiger partial charge in [-0.3, -0.25) is 10.1 Å². The first-order chi connectivity index (χ1) is 15.8. The van der Waals surface area contributed by atoms with Gasteiger partial charge in [0.05, 0.1) is 16.2 Å². The lowest BCUT2D eigenvalue weighted by molar-refractivity contribution is -0.384. The van der Waals surface area contributed by atoms with Crippen molar-refractivity contribution in [2.45, 2.75) is 20.8 Å². The molecule has 2 aromatic heterocycles. The number of hydrogen-bond acceptors (Lipinski definition) is 8. The quantitative estimate of drug-likeness (QED) is 0.175. The molecule has 0 fully saturated rings. The molecule has 2 aromatic carbocycles. The molecule has 0 aliphatic rings. The van der Waals surface area contributed by atoms with Crippen LogP contribution in [0.5, 0.6) is 0 Å². The molecule has 0 unspecified atom stereocenters. The lowest BCUT2D eigenvalue weighted by Crippen LogP contribution is -2.03. The minimum absolute atomic E-state index is 0.108. The molecule has 0 radical (unpaired) electrons. The SMILES string of the molecule is Cc1cc(C)c(NC=C(C#N)c2nc(-c3cc4cc([N+](=O)[O-])ccc4oc3=O)cs2)c(C)c1. The second-order valence-corrected chi connectivity index (χ2v) is 8.41. The van der Waals surface area contributed by atoms with Gasteiger partial charge in [0.15, 0.2) is 0 Å². The number of aromatic nitrogens is 1. The largest absolute Gasteiger partial charge is 0.422 e. The van der Waals surface area contributed by atoms with Gasteiger partial charge in [0, 0.05) is 34.8 Å². The molecular formula is C24H18N4O4S. The number of hydrogen-bond donors (Lipinski definition) is 1. The third-order valence-electron chi connectivity index (χ3n) is 5.10. The highest BCUT2D eigenvalue weighted by molar-refractivity contribution is 7.11. The number of aryl methyl sites for hydroxylation is 3. The predicted octanol–water partition coefficient (Wildman–Crippen LogP) is 5.73. The molecule has 0 aliphatic carbocycles. The number of fused-ring (bicyclic) bond motifs is 1. The van der Waals surface area contributed by atoms with Gasteiger partial charge in [0.25, 0.3) is 5.69 Å². The van der Waals surface area contributed by atoms with Crippen molar-refractivity contribution < 1.29 is 9.34 Å². The summed E-state index contributed by atoms with van der Waals surface area (Å²) in [6.07, 6.45) is 1.60. The molecule has 0 bridgehead atoms. The van der Waals surface area contributed by atoms with E-state index in [1.807, 2.05) is 20.8 Å². The Morgan fingerprint density at radius 1 is 1.21 bits per heavy atom. The lowest BCUT2D eigenvalue weighted by atomic mass is 10.1. The maximum absolute atomic E-state index is 12.5. The predicted molar refractivity (Wildman–Crippen MR) is 128 cm³/mol. The van der Waals surface area contributed by atoms with Crippen LogP contribution in [0, 0.1) is 42.2 Å². The van der Waals surface area contributed by atoms with Gasteiger partial charge in [-0.05, 0) is 44.0 Å². The highest BCUT2D eigenvalue weighted by Gasteiger charge is 2.16. The van der Waals surface area contributed by atoms with Crippen molar-refractivity contribution in [1.82, 2.24) is 4.98 Å². The molecule has 8 nitrogen and oxygen atoms in total. The molecule has 164 valence electrons. The fourth-order valence-corrected chi connectivity index (χ4v) is 4.40. The standard InChI is InChI=1S/C24H18N4O4S/c1-13-6-14(2)22(15(3)7-13)26-11-17(10-25)23-27-20(12-33-23)19-9-16-8-18(28(30)31)4-5-21(16)32-24(19)29/h4-9,11-12,26H,1-3H3. The Labute approximate surface area is 192 Å². The van der Waals surface area contributed by atoms with Crippen LogP contribution in [-0.2, 0) is 0 Å². The normalized spacial score (nSPS) is 11.4. The van der Waals surface area contributed by atoms with E-state index in [4.69, 9.17) is 4.42 Å². The van der Waals surface area contributed by atoms with E-state index in [1.165, 1.54) is 35.6 Å². The van der Waals surface area contributed by atoms with Crippen molar-refractivity contribution in [3.63, 3.8) is 0 Å². The van der Waals surface area contributed by atoms with Crippen molar-refractivity contribution >= 4 is 39.3 Å². The van der Waals surface area contributed by atoms with Gasteiger partial charge < -0.3 is 9.73 Å². The van der Waals surface area contributed by atoms with Crippen molar-refractivity contribution in [2.24, 2.45) is 0 Å². The summed E-state index contributed by atoms with van der Waals surface area (Å²) in [6.45, 7) is 6.01. The van der Waals surface area contributed by atoms with Gasteiger partial charge in [-0.25, -0.2) is 9.78 Å². The first-order valence-electron chi connectivity index (χ1n) is 9.90. The van der Waals surface area contributed by atoms with Crippen LogP contribution in [0.1, 0.15) is 21.7 Å². The van der Waals surface area contributed by atoms with Crippen molar-refractivity contribution in [2.75, 3.05) is 5.32 Å². The Bertz CT molecular complexity index is 1520. The number of anilines is 1. The van der Waals surface area contributed by atoms with Crippen LogP contribution < -0.4 is 10.9 Å². The third kappa shape index (κ3) is 4.37. The van der Waals surface area contributed by atoms with E-state index in [0.717, 1.165) is 22.4 Å². The Morgan fingerprint density at radius 2 is 1.94 bits per heavy atom.